The molecule has 3 nitrogen and oxygen atoms in total. The third kappa shape index (κ3) is 3.46. The highest BCUT2D eigenvalue weighted by Gasteiger charge is 2.40. The summed E-state index contributed by atoms with van der Waals surface area (Å²) < 4.78 is 0. The summed E-state index contributed by atoms with van der Waals surface area (Å²) in [6.45, 7) is 16.9. The van der Waals surface area contributed by atoms with Gasteiger partial charge in [-0.25, -0.2) is 0 Å². The highest BCUT2D eigenvalue weighted by molar-refractivity contribution is 4.97. The van der Waals surface area contributed by atoms with Crippen molar-refractivity contribution in [3.05, 3.63) is 0 Å². The summed E-state index contributed by atoms with van der Waals surface area (Å²) >= 11 is 0. The number of likely N-dealkylation sites (tertiary alicyclic amines) is 1. The molecular weight excluding hydrogens is 222 g/mol. The van der Waals surface area contributed by atoms with Crippen LogP contribution in [0.5, 0.6) is 0 Å². The van der Waals surface area contributed by atoms with E-state index in [0.29, 0.717) is 5.54 Å². The van der Waals surface area contributed by atoms with Crippen molar-refractivity contribution < 1.29 is 0 Å². The Labute approximate surface area is 113 Å². The van der Waals surface area contributed by atoms with Crippen LogP contribution < -0.4 is 5.32 Å². The van der Waals surface area contributed by atoms with Gasteiger partial charge in [0.1, 0.15) is 0 Å². The zero-order valence-electron chi connectivity index (χ0n) is 12.7. The average molecular weight is 253 g/mol. The predicted octanol–water partition coefficient (Wildman–Crippen LogP) is 1.79. The van der Waals surface area contributed by atoms with Gasteiger partial charge in [-0.15, -0.1) is 0 Å². The Hall–Kier alpha value is -0.120. The Balaban J connectivity index is 1.89. The maximum absolute atomic E-state index is 3.45. The molecular formula is C15H31N3. The summed E-state index contributed by atoms with van der Waals surface area (Å²) in [7, 11) is 0. The molecule has 1 unspecified atom stereocenters. The minimum absolute atomic E-state index is 0.393. The van der Waals surface area contributed by atoms with Crippen molar-refractivity contribution in [3.8, 4) is 0 Å². The van der Waals surface area contributed by atoms with Gasteiger partial charge in [0, 0.05) is 44.3 Å². The first-order valence-corrected chi connectivity index (χ1v) is 7.69. The predicted molar refractivity (Wildman–Crippen MR) is 78.0 cm³/mol. The SMILES string of the molecule is CC(C)CCN1CC(N2CCNCC2)CC1(C)C. The van der Waals surface area contributed by atoms with Crippen LogP contribution in [-0.2, 0) is 0 Å². The highest BCUT2D eigenvalue weighted by Crippen LogP contribution is 2.31. The van der Waals surface area contributed by atoms with Gasteiger partial charge >= 0.3 is 0 Å². The molecule has 106 valence electrons. The minimum Gasteiger partial charge on any atom is -0.314 e. The van der Waals surface area contributed by atoms with Gasteiger partial charge in [0.15, 0.2) is 0 Å². The van der Waals surface area contributed by atoms with Crippen LogP contribution in [0, 0.1) is 5.92 Å². The molecule has 0 saturated carbocycles. The van der Waals surface area contributed by atoms with Crippen LogP contribution in [0.4, 0.5) is 0 Å². The molecule has 0 aromatic rings. The smallest absolute Gasteiger partial charge is 0.0241 e. The lowest BCUT2D eigenvalue weighted by Gasteiger charge is -2.32. The number of nitrogens with one attached hydrogen (secondary N) is 1. The standard InChI is InChI=1S/C15H31N3/c1-13(2)5-8-18-12-14(11-15(18,3)4)17-9-6-16-7-10-17/h13-14,16H,5-12H2,1-4H3. The van der Waals surface area contributed by atoms with Gasteiger partial charge in [-0.3, -0.25) is 9.80 Å². The molecule has 3 heteroatoms. The fraction of sp³-hybridized carbons (Fsp3) is 1.00. The maximum Gasteiger partial charge on any atom is 0.0241 e. The molecule has 2 aliphatic heterocycles. The Bertz CT molecular complexity index is 256. The second-order valence-corrected chi connectivity index (χ2v) is 7.08. The molecule has 1 N–H and O–H groups in total. The number of rotatable bonds is 4. The fourth-order valence-corrected chi connectivity index (χ4v) is 3.37. The van der Waals surface area contributed by atoms with Crippen molar-refractivity contribution in [1.82, 2.24) is 15.1 Å². The van der Waals surface area contributed by atoms with Crippen LogP contribution in [0.15, 0.2) is 0 Å². The summed E-state index contributed by atoms with van der Waals surface area (Å²) in [4.78, 5) is 5.42. The van der Waals surface area contributed by atoms with Gasteiger partial charge in [0.05, 0.1) is 0 Å². The Morgan fingerprint density at radius 2 is 1.89 bits per heavy atom. The first-order chi connectivity index (χ1) is 8.49. The van der Waals surface area contributed by atoms with E-state index in [4.69, 9.17) is 0 Å². The average Bonchev–Trinajstić information content (AvgIpc) is 2.63. The van der Waals surface area contributed by atoms with E-state index in [2.05, 4.69) is 42.8 Å². The summed E-state index contributed by atoms with van der Waals surface area (Å²) in [5.41, 5.74) is 0.393. The lowest BCUT2D eigenvalue weighted by molar-refractivity contribution is 0.157. The van der Waals surface area contributed by atoms with E-state index in [9.17, 15) is 0 Å². The maximum atomic E-state index is 3.45. The summed E-state index contributed by atoms with van der Waals surface area (Å²) in [5, 5.41) is 3.45. The topological polar surface area (TPSA) is 18.5 Å². The molecule has 2 saturated heterocycles. The molecule has 1 atom stereocenters. The van der Waals surface area contributed by atoms with Crippen LogP contribution in [-0.4, -0.2) is 60.6 Å². The summed E-state index contributed by atoms with van der Waals surface area (Å²) in [6, 6.07) is 0.786. The monoisotopic (exact) mass is 253 g/mol. The largest absolute Gasteiger partial charge is 0.314 e. The molecule has 0 spiro atoms. The molecule has 2 heterocycles. The van der Waals surface area contributed by atoms with Gasteiger partial charge in [-0.05, 0) is 39.2 Å². The second-order valence-electron chi connectivity index (χ2n) is 7.08. The lowest BCUT2D eigenvalue weighted by atomic mass is 9.98. The third-order valence-electron chi connectivity index (χ3n) is 4.67. The van der Waals surface area contributed by atoms with Crippen LogP contribution in [0.3, 0.4) is 0 Å². The van der Waals surface area contributed by atoms with Crippen LogP contribution in [0.1, 0.15) is 40.5 Å². The Kier molecular flexibility index (Phi) is 4.68. The Morgan fingerprint density at radius 3 is 2.50 bits per heavy atom. The second kappa shape index (κ2) is 5.89. The molecule has 18 heavy (non-hydrogen) atoms. The number of piperazine rings is 1. The molecule has 0 amide bonds. The zero-order chi connectivity index (χ0) is 13.2. The zero-order valence-corrected chi connectivity index (χ0v) is 12.7. The lowest BCUT2D eigenvalue weighted by Crippen LogP contribution is -2.49. The molecule has 0 aromatic carbocycles. The molecule has 0 bridgehead atoms. The minimum atomic E-state index is 0.393. The van der Waals surface area contributed by atoms with Gasteiger partial charge in [-0.1, -0.05) is 13.8 Å². The number of hydrogen-bond donors (Lipinski definition) is 1. The van der Waals surface area contributed by atoms with E-state index in [1.165, 1.54) is 52.1 Å². The van der Waals surface area contributed by atoms with Crippen molar-refractivity contribution in [2.24, 2.45) is 5.92 Å². The molecule has 2 aliphatic rings. The number of hydrogen-bond acceptors (Lipinski definition) is 3. The van der Waals surface area contributed by atoms with E-state index >= 15 is 0 Å². The van der Waals surface area contributed by atoms with Crippen molar-refractivity contribution in [3.63, 3.8) is 0 Å². The third-order valence-corrected chi connectivity index (χ3v) is 4.67. The molecule has 2 fully saturated rings. The van der Waals surface area contributed by atoms with Gasteiger partial charge in [0.2, 0.25) is 0 Å². The first kappa shape index (κ1) is 14.3. The van der Waals surface area contributed by atoms with Gasteiger partial charge in [0.25, 0.3) is 0 Å². The molecule has 0 radical (unpaired) electrons. The van der Waals surface area contributed by atoms with Crippen LogP contribution in [0.25, 0.3) is 0 Å². The van der Waals surface area contributed by atoms with Crippen LogP contribution in [0.2, 0.25) is 0 Å². The van der Waals surface area contributed by atoms with Crippen LogP contribution >= 0.6 is 0 Å². The molecule has 0 aliphatic carbocycles. The van der Waals surface area contributed by atoms with Crippen molar-refractivity contribution >= 4 is 0 Å². The normalized spacial score (nSPS) is 30.2. The molecule has 2 rings (SSSR count). The summed E-state index contributed by atoms with van der Waals surface area (Å²) in [6.07, 6.45) is 2.67. The summed E-state index contributed by atoms with van der Waals surface area (Å²) in [5.74, 6) is 0.819. The van der Waals surface area contributed by atoms with E-state index < -0.39 is 0 Å². The number of nitrogens with zero attached hydrogens (tertiary/aromatic N) is 2. The Morgan fingerprint density at radius 1 is 1.22 bits per heavy atom. The van der Waals surface area contributed by atoms with E-state index in [0.717, 1.165) is 12.0 Å². The van der Waals surface area contributed by atoms with E-state index in [1.54, 1.807) is 0 Å². The van der Waals surface area contributed by atoms with E-state index in [1.807, 2.05) is 0 Å². The molecule has 0 aromatic heterocycles. The van der Waals surface area contributed by atoms with Gasteiger partial charge in [-0.2, -0.15) is 0 Å². The first-order valence-electron chi connectivity index (χ1n) is 7.69. The van der Waals surface area contributed by atoms with E-state index in [-0.39, 0.29) is 0 Å². The highest BCUT2D eigenvalue weighted by atomic mass is 15.3. The quantitative estimate of drug-likeness (QED) is 0.824. The van der Waals surface area contributed by atoms with Crippen molar-refractivity contribution in [2.75, 3.05) is 39.3 Å². The van der Waals surface area contributed by atoms with Crippen molar-refractivity contribution in [1.29, 1.82) is 0 Å². The fourth-order valence-electron chi connectivity index (χ4n) is 3.37. The van der Waals surface area contributed by atoms with Crippen molar-refractivity contribution in [2.45, 2.75) is 52.1 Å². The van der Waals surface area contributed by atoms with Gasteiger partial charge < -0.3 is 5.32 Å².